The average Bonchev–Trinajstić information content (AvgIpc) is 2.71. The van der Waals surface area contributed by atoms with Crippen molar-refractivity contribution in [1.29, 1.82) is 0 Å². The molecule has 1 rings (SSSR count). The Hall–Kier alpha value is -1.16. The van der Waals surface area contributed by atoms with Gasteiger partial charge in [-0.25, -0.2) is 0 Å². The molecule has 0 aromatic carbocycles. The molecule has 1 aliphatic rings. The zero-order chi connectivity index (χ0) is 13.0. The lowest BCUT2D eigenvalue weighted by Crippen LogP contribution is -2.33. The second kappa shape index (κ2) is 11.9. The van der Waals surface area contributed by atoms with Crippen molar-refractivity contribution in [3.05, 3.63) is 12.7 Å². The number of nitrogens with two attached hydrogens (primary N) is 1. The summed E-state index contributed by atoms with van der Waals surface area (Å²) in [6.45, 7) is 7.70. The quantitative estimate of drug-likeness (QED) is 0.573. The Morgan fingerprint density at radius 3 is 2.44 bits per heavy atom. The van der Waals surface area contributed by atoms with E-state index in [1.807, 2.05) is 11.0 Å². The Labute approximate surface area is 98.5 Å². The summed E-state index contributed by atoms with van der Waals surface area (Å²) in [5, 5.41) is 0. The Balaban J connectivity index is 0. The van der Waals surface area contributed by atoms with Crippen LogP contribution in [0.4, 0.5) is 0 Å². The molecule has 0 aliphatic carbocycles. The lowest BCUT2D eigenvalue weighted by Gasteiger charge is -2.21. The number of carbonyl (C=O) groups is 2. The molecule has 0 spiro atoms. The van der Waals surface area contributed by atoms with Crippen LogP contribution in [0, 0.1) is 0 Å². The van der Waals surface area contributed by atoms with Gasteiger partial charge in [-0.2, -0.15) is 0 Å². The van der Waals surface area contributed by atoms with Crippen LogP contribution in [-0.4, -0.2) is 36.7 Å². The van der Waals surface area contributed by atoms with E-state index in [0.717, 1.165) is 32.1 Å². The first-order chi connectivity index (χ1) is 7.67. The highest BCUT2D eigenvalue weighted by atomic mass is 16.2. The van der Waals surface area contributed by atoms with E-state index in [1.54, 1.807) is 6.92 Å². The molecule has 1 atom stereocenters. The number of amides is 1. The van der Waals surface area contributed by atoms with Gasteiger partial charge in [0.25, 0.3) is 0 Å². The fourth-order valence-corrected chi connectivity index (χ4v) is 1.69. The van der Waals surface area contributed by atoms with E-state index in [2.05, 4.69) is 12.3 Å². The van der Waals surface area contributed by atoms with Crippen molar-refractivity contribution in [3.8, 4) is 0 Å². The van der Waals surface area contributed by atoms with Crippen LogP contribution in [0.25, 0.3) is 0 Å². The smallest absolute Gasteiger partial charge is 0.219 e. The summed E-state index contributed by atoms with van der Waals surface area (Å²) in [4.78, 5) is 21.8. The zero-order valence-corrected chi connectivity index (χ0v) is 10.6. The average molecular weight is 228 g/mol. The normalized spacial score (nSPS) is 17.5. The van der Waals surface area contributed by atoms with Crippen LogP contribution < -0.4 is 5.73 Å². The molecule has 0 bridgehead atoms. The molecule has 2 N–H and O–H groups in total. The molecule has 0 unspecified atom stereocenters. The number of likely N-dealkylation sites (tertiary alicyclic amines) is 1. The lowest BCUT2D eigenvalue weighted by molar-refractivity contribution is -0.129. The van der Waals surface area contributed by atoms with E-state index in [9.17, 15) is 4.79 Å². The minimum Gasteiger partial charge on any atom is -0.340 e. The molecule has 1 heterocycles. The molecule has 0 aromatic rings. The summed E-state index contributed by atoms with van der Waals surface area (Å²) in [7, 11) is 1.50. The maximum absolute atomic E-state index is 11.0. The number of carbonyl (C=O) groups excluding carboxylic acids is 2. The molecule has 4 nitrogen and oxygen atoms in total. The summed E-state index contributed by atoms with van der Waals surface area (Å²) in [5.41, 5.74) is 4.50. The molecule has 0 radical (unpaired) electrons. The molecule has 4 heteroatoms. The van der Waals surface area contributed by atoms with Gasteiger partial charge in [-0.3, -0.25) is 4.79 Å². The van der Waals surface area contributed by atoms with Gasteiger partial charge in [0.15, 0.2) is 0 Å². The standard InChI is InChI=1S/C9H15NO.C2H4O.CH5N/c1-3-5-9-6-4-7-10(9)8(2)11;1-2-3;1-2/h3,9H,1,4-7H2,2H3;2H,1H3;2H2,1H3/t9-;;/m1../s1. The van der Waals surface area contributed by atoms with Gasteiger partial charge in [-0.1, -0.05) is 6.08 Å². The van der Waals surface area contributed by atoms with Gasteiger partial charge in [0, 0.05) is 19.5 Å². The summed E-state index contributed by atoms with van der Waals surface area (Å²) >= 11 is 0. The molecule has 16 heavy (non-hydrogen) atoms. The van der Waals surface area contributed by atoms with E-state index >= 15 is 0 Å². The Morgan fingerprint density at radius 1 is 1.56 bits per heavy atom. The van der Waals surface area contributed by atoms with E-state index in [4.69, 9.17) is 4.79 Å². The highest BCUT2D eigenvalue weighted by molar-refractivity contribution is 5.73. The number of hydrogen-bond acceptors (Lipinski definition) is 3. The summed E-state index contributed by atoms with van der Waals surface area (Å²) < 4.78 is 0. The fraction of sp³-hybridized carbons (Fsp3) is 0.667. The number of aldehydes is 1. The highest BCUT2D eigenvalue weighted by Gasteiger charge is 2.24. The van der Waals surface area contributed by atoms with E-state index in [0.29, 0.717) is 6.04 Å². The Kier molecular flexibility index (Phi) is 12.8. The third-order valence-corrected chi connectivity index (χ3v) is 2.22. The summed E-state index contributed by atoms with van der Waals surface area (Å²) in [6, 6.07) is 0.435. The van der Waals surface area contributed by atoms with Crippen LogP contribution in [0.3, 0.4) is 0 Å². The van der Waals surface area contributed by atoms with Crippen LogP contribution in [0.1, 0.15) is 33.1 Å². The van der Waals surface area contributed by atoms with E-state index in [1.165, 1.54) is 14.0 Å². The van der Waals surface area contributed by atoms with Crippen LogP contribution >= 0.6 is 0 Å². The minimum atomic E-state index is 0.203. The molecule has 1 saturated heterocycles. The topological polar surface area (TPSA) is 63.4 Å². The molecule has 0 saturated carbocycles. The van der Waals surface area contributed by atoms with Crippen LogP contribution in [0.2, 0.25) is 0 Å². The van der Waals surface area contributed by atoms with Crippen molar-refractivity contribution in [1.82, 2.24) is 4.90 Å². The predicted octanol–water partition coefficient (Wildman–Crippen LogP) is 1.35. The van der Waals surface area contributed by atoms with E-state index in [-0.39, 0.29) is 5.91 Å². The minimum absolute atomic E-state index is 0.203. The van der Waals surface area contributed by atoms with Gasteiger partial charge in [0.2, 0.25) is 5.91 Å². The van der Waals surface area contributed by atoms with Crippen LogP contribution in [0.15, 0.2) is 12.7 Å². The monoisotopic (exact) mass is 228 g/mol. The van der Waals surface area contributed by atoms with Gasteiger partial charge < -0.3 is 15.4 Å². The van der Waals surface area contributed by atoms with Crippen molar-refractivity contribution >= 4 is 12.2 Å². The number of rotatable bonds is 2. The van der Waals surface area contributed by atoms with Gasteiger partial charge in [-0.15, -0.1) is 6.58 Å². The third-order valence-electron chi connectivity index (χ3n) is 2.22. The molecular weight excluding hydrogens is 204 g/mol. The van der Waals surface area contributed by atoms with Gasteiger partial charge in [-0.05, 0) is 33.2 Å². The molecular formula is C12H24N2O2. The fourth-order valence-electron chi connectivity index (χ4n) is 1.69. The third kappa shape index (κ3) is 7.17. The molecule has 94 valence electrons. The predicted molar refractivity (Wildman–Crippen MR) is 67.1 cm³/mol. The first-order valence-electron chi connectivity index (χ1n) is 5.53. The Bertz CT molecular complexity index is 205. The first-order valence-corrected chi connectivity index (χ1v) is 5.53. The van der Waals surface area contributed by atoms with Crippen molar-refractivity contribution in [2.24, 2.45) is 5.73 Å². The van der Waals surface area contributed by atoms with E-state index < -0.39 is 0 Å². The second-order valence-electron chi connectivity index (χ2n) is 3.27. The van der Waals surface area contributed by atoms with Crippen molar-refractivity contribution in [2.45, 2.75) is 39.2 Å². The van der Waals surface area contributed by atoms with Gasteiger partial charge in [0.1, 0.15) is 6.29 Å². The maximum Gasteiger partial charge on any atom is 0.219 e. The SMILES string of the molecule is C=CC[C@@H]1CCCN1C(C)=O.CC=O.CN. The highest BCUT2D eigenvalue weighted by Crippen LogP contribution is 2.19. The maximum atomic E-state index is 11.0. The van der Waals surface area contributed by atoms with Crippen molar-refractivity contribution < 1.29 is 9.59 Å². The van der Waals surface area contributed by atoms with Crippen molar-refractivity contribution in [3.63, 3.8) is 0 Å². The number of nitrogens with zero attached hydrogens (tertiary/aromatic N) is 1. The van der Waals surface area contributed by atoms with Crippen molar-refractivity contribution in [2.75, 3.05) is 13.6 Å². The largest absolute Gasteiger partial charge is 0.340 e. The van der Waals surface area contributed by atoms with Crippen LogP contribution in [0.5, 0.6) is 0 Å². The second-order valence-corrected chi connectivity index (χ2v) is 3.27. The zero-order valence-electron chi connectivity index (χ0n) is 10.6. The molecule has 1 amide bonds. The molecule has 1 aliphatic heterocycles. The number of hydrogen-bond donors (Lipinski definition) is 1. The van der Waals surface area contributed by atoms with Gasteiger partial charge >= 0.3 is 0 Å². The van der Waals surface area contributed by atoms with Crippen LogP contribution in [-0.2, 0) is 9.59 Å². The Morgan fingerprint density at radius 2 is 2.06 bits per heavy atom. The molecule has 1 fully saturated rings. The summed E-state index contributed by atoms with van der Waals surface area (Å²) in [5.74, 6) is 0.203. The van der Waals surface area contributed by atoms with Gasteiger partial charge in [0.05, 0.1) is 0 Å². The lowest BCUT2D eigenvalue weighted by atomic mass is 10.1. The first kappa shape index (κ1) is 17.2. The molecule has 0 aromatic heterocycles. The summed E-state index contributed by atoms with van der Waals surface area (Å²) in [6.07, 6.45) is 5.88.